The number of aromatic nitrogens is 1. The summed E-state index contributed by atoms with van der Waals surface area (Å²) in [7, 11) is 1.41. The number of nitrogens with one attached hydrogen (secondary N) is 2. The Morgan fingerprint density at radius 2 is 1.44 bits per heavy atom. The quantitative estimate of drug-likeness (QED) is 0.342. The highest BCUT2D eigenvalue weighted by Gasteiger charge is 2.28. The molecule has 0 fully saturated rings. The molecule has 0 radical (unpaired) electrons. The first kappa shape index (κ1) is 29.4. The number of pyridine rings is 1. The van der Waals surface area contributed by atoms with E-state index in [1.54, 1.807) is 6.92 Å². The molecule has 1 heterocycles. The lowest BCUT2D eigenvalue weighted by Gasteiger charge is -2.27. The van der Waals surface area contributed by atoms with Gasteiger partial charge in [-0.1, -0.05) is 66.6 Å². The zero-order valence-corrected chi connectivity index (χ0v) is 23.4. The van der Waals surface area contributed by atoms with Gasteiger partial charge in [-0.3, -0.25) is 14.4 Å². The summed E-state index contributed by atoms with van der Waals surface area (Å²) in [6, 6.07) is 16.9. The van der Waals surface area contributed by atoms with Gasteiger partial charge in [0.2, 0.25) is 11.7 Å². The first-order valence-electron chi connectivity index (χ1n) is 13.1. The number of hydrogen-bond donors (Lipinski definition) is 2. The minimum absolute atomic E-state index is 0.0734. The summed E-state index contributed by atoms with van der Waals surface area (Å²) in [5.74, 6) is -1.48. The maximum absolute atomic E-state index is 13.2. The molecule has 2 aromatic carbocycles. The third-order valence-corrected chi connectivity index (χ3v) is 6.46. The van der Waals surface area contributed by atoms with E-state index in [0.29, 0.717) is 6.42 Å². The molecule has 0 saturated heterocycles. The van der Waals surface area contributed by atoms with Crippen LogP contribution < -0.4 is 20.1 Å². The van der Waals surface area contributed by atoms with Gasteiger partial charge >= 0.3 is 5.97 Å². The Labute approximate surface area is 230 Å². The molecule has 0 aliphatic carbocycles. The molecule has 1 aromatic heterocycles. The predicted molar refractivity (Wildman–Crippen MR) is 150 cm³/mol. The van der Waals surface area contributed by atoms with Crippen LogP contribution in [0.5, 0.6) is 11.5 Å². The van der Waals surface area contributed by atoms with Crippen molar-refractivity contribution < 1.29 is 23.9 Å². The molecule has 0 saturated carbocycles. The normalized spacial score (nSPS) is 12.4. The number of nitrogens with zero attached hydrogens (tertiary/aromatic N) is 1. The summed E-state index contributed by atoms with van der Waals surface area (Å²) in [5.41, 5.74) is 4.32. The first-order valence-corrected chi connectivity index (χ1v) is 13.1. The number of esters is 1. The minimum Gasteiger partial charge on any atom is -0.493 e. The van der Waals surface area contributed by atoms with Crippen molar-refractivity contribution in [2.45, 2.75) is 65.5 Å². The van der Waals surface area contributed by atoms with E-state index in [0.717, 1.165) is 22.3 Å². The van der Waals surface area contributed by atoms with Crippen molar-refractivity contribution in [3.8, 4) is 11.5 Å². The second-order valence-electron chi connectivity index (χ2n) is 9.71. The SMILES string of the molecule is CCCC(=O)Oc1c(OC)ccnc1C(=O)N[C@@H](C)C(=O)N[C@@H](C)C(c1ccc(C)cc1)c1ccc(C)cc1. The van der Waals surface area contributed by atoms with Gasteiger partial charge in [0.15, 0.2) is 11.4 Å². The van der Waals surface area contributed by atoms with Crippen molar-refractivity contribution in [1.29, 1.82) is 0 Å². The molecule has 8 heteroatoms. The smallest absolute Gasteiger partial charge is 0.311 e. The van der Waals surface area contributed by atoms with Crippen molar-refractivity contribution in [2.75, 3.05) is 7.11 Å². The highest BCUT2D eigenvalue weighted by atomic mass is 16.6. The van der Waals surface area contributed by atoms with Crippen LogP contribution in [0.3, 0.4) is 0 Å². The number of carbonyl (C=O) groups excluding carboxylic acids is 3. The number of aryl methyl sites for hydroxylation is 2. The number of rotatable bonds is 11. The minimum atomic E-state index is -0.885. The lowest BCUT2D eigenvalue weighted by molar-refractivity contribution is -0.134. The van der Waals surface area contributed by atoms with E-state index in [4.69, 9.17) is 9.47 Å². The molecule has 8 nitrogen and oxygen atoms in total. The topological polar surface area (TPSA) is 107 Å². The Balaban J connectivity index is 1.77. The molecule has 3 aromatic rings. The molecule has 0 bridgehead atoms. The van der Waals surface area contributed by atoms with Crippen molar-refractivity contribution in [3.63, 3.8) is 0 Å². The highest BCUT2D eigenvalue weighted by molar-refractivity contribution is 5.99. The monoisotopic (exact) mass is 531 g/mol. The van der Waals surface area contributed by atoms with Gasteiger partial charge in [0.05, 0.1) is 7.11 Å². The predicted octanol–water partition coefficient (Wildman–Crippen LogP) is 4.87. The van der Waals surface area contributed by atoms with Gasteiger partial charge in [0, 0.05) is 30.6 Å². The number of benzene rings is 2. The fourth-order valence-electron chi connectivity index (χ4n) is 4.30. The lowest BCUT2D eigenvalue weighted by Crippen LogP contribution is -2.49. The maximum Gasteiger partial charge on any atom is 0.311 e. The van der Waals surface area contributed by atoms with Gasteiger partial charge in [-0.15, -0.1) is 0 Å². The van der Waals surface area contributed by atoms with Crippen LogP contribution in [0, 0.1) is 13.8 Å². The molecular weight excluding hydrogens is 494 g/mol. The molecule has 2 atom stereocenters. The molecule has 3 rings (SSSR count). The molecule has 2 N–H and O–H groups in total. The summed E-state index contributed by atoms with van der Waals surface area (Å²) >= 11 is 0. The highest BCUT2D eigenvalue weighted by Crippen LogP contribution is 2.31. The van der Waals surface area contributed by atoms with E-state index in [1.807, 2.05) is 27.7 Å². The Hall–Kier alpha value is -4.20. The van der Waals surface area contributed by atoms with E-state index in [9.17, 15) is 14.4 Å². The molecule has 0 aliphatic heterocycles. The maximum atomic E-state index is 13.2. The van der Waals surface area contributed by atoms with Crippen molar-refractivity contribution >= 4 is 17.8 Å². The van der Waals surface area contributed by atoms with Crippen LogP contribution in [0.1, 0.15) is 72.3 Å². The third kappa shape index (κ3) is 7.66. The molecule has 0 unspecified atom stereocenters. The van der Waals surface area contributed by atoms with E-state index in [1.165, 1.54) is 19.4 Å². The number of amides is 2. The molecule has 206 valence electrons. The second-order valence-corrected chi connectivity index (χ2v) is 9.71. The Morgan fingerprint density at radius 1 is 0.872 bits per heavy atom. The number of ether oxygens (including phenoxy) is 2. The number of carbonyl (C=O) groups is 3. The van der Waals surface area contributed by atoms with Crippen molar-refractivity contribution in [1.82, 2.24) is 15.6 Å². The van der Waals surface area contributed by atoms with Crippen molar-refractivity contribution in [3.05, 3.63) is 88.7 Å². The van der Waals surface area contributed by atoms with E-state index in [-0.39, 0.29) is 41.5 Å². The van der Waals surface area contributed by atoms with Crippen LogP contribution in [0.4, 0.5) is 0 Å². The van der Waals surface area contributed by atoms with Gasteiger partial charge in [-0.25, -0.2) is 4.98 Å². The second kappa shape index (κ2) is 13.6. The van der Waals surface area contributed by atoms with Crippen LogP contribution in [0.15, 0.2) is 60.8 Å². The number of hydrogen-bond acceptors (Lipinski definition) is 6. The average Bonchev–Trinajstić information content (AvgIpc) is 2.91. The zero-order valence-electron chi connectivity index (χ0n) is 23.4. The molecule has 0 aliphatic rings. The summed E-state index contributed by atoms with van der Waals surface area (Å²) in [5, 5.41) is 5.74. The Kier molecular flexibility index (Phi) is 10.2. The largest absolute Gasteiger partial charge is 0.493 e. The van der Waals surface area contributed by atoms with E-state index >= 15 is 0 Å². The average molecular weight is 532 g/mol. The van der Waals surface area contributed by atoms with E-state index in [2.05, 4.69) is 64.1 Å². The standard InChI is InChI=1S/C31H37N3O5/c1-7-8-26(35)39-29-25(38-6)17-18-32-28(29)31(37)34-22(5)30(36)33-21(4)27(23-13-9-19(2)10-14-23)24-15-11-20(3)12-16-24/h9-18,21-22,27H,7-8H2,1-6H3,(H,33,36)(H,34,37)/t21-,22-/m0/s1. The van der Waals surface area contributed by atoms with Gasteiger partial charge in [-0.2, -0.15) is 0 Å². The molecule has 39 heavy (non-hydrogen) atoms. The number of methoxy groups -OCH3 is 1. The van der Waals surface area contributed by atoms with Gasteiger partial charge in [0.1, 0.15) is 6.04 Å². The third-order valence-electron chi connectivity index (χ3n) is 6.46. The molecule has 0 spiro atoms. The van der Waals surface area contributed by atoms with Gasteiger partial charge in [-0.05, 0) is 45.2 Å². The summed E-state index contributed by atoms with van der Waals surface area (Å²) in [6.45, 7) is 9.46. The summed E-state index contributed by atoms with van der Waals surface area (Å²) in [4.78, 5) is 42.6. The molecular formula is C31H37N3O5. The van der Waals surface area contributed by atoms with Crippen LogP contribution in [0.2, 0.25) is 0 Å². The van der Waals surface area contributed by atoms with Crippen LogP contribution in [-0.2, 0) is 9.59 Å². The zero-order chi connectivity index (χ0) is 28.5. The first-order chi connectivity index (χ1) is 18.6. The fourth-order valence-corrected chi connectivity index (χ4v) is 4.30. The Bertz CT molecular complexity index is 1240. The van der Waals surface area contributed by atoms with Crippen LogP contribution >= 0.6 is 0 Å². The lowest BCUT2D eigenvalue weighted by atomic mass is 9.85. The van der Waals surface area contributed by atoms with Crippen LogP contribution in [0.25, 0.3) is 0 Å². The van der Waals surface area contributed by atoms with E-state index < -0.39 is 17.9 Å². The van der Waals surface area contributed by atoms with Crippen LogP contribution in [-0.4, -0.2) is 42.0 Å². The Morgan fingerprint density at radius 3 is 1.95 bits per heavy atom. The van der Waals surface area contributed by atoms with Crippen molar-refractivity contribution in [2.24, 2.45) is 0 Å². The molecule has 2 amide bonds. The fraction of sp³-hybridized carbons (Fsp3) is 0.355. The summed E-state index contributed by atoms with van der Waals surface area (Å²) in [6.07, 6.45) is 2.15. The van der Waals surface area contributed by atoms with Gasteiger partial charge < -0.3 is 20.1 Å². The van der Waals surface area contributed by atoms with Gasteiger partial charge in [0.25, 0.3) is 5.91 Å². The summed E-state index contributed by atoms with van der Waals surface area (Å²) < 4.78 is 10.7.